The molecule has 0 bridgehead atoms. The van der Waals surface area contributed by atoms with Gasteiger partial charge in [-0.3, -0.25) is 0 Å². The minimum absolute atomic E-state index is 0.670. The maximum absolute atomic E-state index is 6.30. The summed E-state index contributed by atoms with van der Waals surface area (Å²) in [6.45, 7) is 8.56. The van der Waals surface area contributed by atoms with Crippen LogP contribution in [0.5, 0.6) is 0 Å². The Morgan fingerprint density at radius 2 is 2.11 bits per heavy atom. The first-order valence-corrected chi connectivity index (χ1v) is 8.12. The van der Waals surface area contributed by atoms with Crippen molar-refractivity contribution in [3.8, 4) is 0 Å². The second-order valence-corrected chi connectivity index (χ2v) is 6.49. The van der Waals surface area contributed by atoms with Crippen molar-refractivity contribution in [3.63, 3.8) is 0 Å². The molecule has 0 spiro atoms. The third-order valence-corrected chi connectivity index (χ3v) is 4.23. The quantitative estimate of drug-likeness (QED) is 0.534. The zero-order chi connectivity index (χ0) is 13.4. The van der Waals surface area contributed by atoms with E-state index in [0.717, 1.165) is 18.1 Å². The molecule has 1 nitrogen and oxygen atoms in total. The number of halogens is 1. The van der Waals surface area contributed by atoms with Crippen LogP contribution in [0.25, 0.3) is 0 Å². The monoisotopic (exact) mass is 285 g/mol. The zero-order valence-electron chi connectivity index (χ0n) is 11.6. The van der Waals surface area contributed by atoms with Crippen LogP contribution >= 0.6 is 23.4 Å². The third-order valence-electron chi connectivity index (χ3n) is 2.69. The van der Waals surface area contributed by atoms with Crippen LogP contribution in [0.4, 0.5) is 0 Å². The van der Waals surface area contributed by atoms with Crippen LogP contribution in [0.3, 0.4) is 0 Å². The largest absolute Gasteiger partial charge is 0.312 e. The van der Waals surface area contributed by atoms with Crippen LogP contribution in [0.1, 0.15) is 39.2 Å². The summed E-state index contributed by atoms with van der Waals surface area (Å²) in [5, 5.41) is 4.36. The molecule has 0 heterocycles. The van der Waals surface area contributed by atoms with Crippen molar-refractivity contribution in [2.45, 2.75) is 45.1 Å². The van der Waals surface area contributed by atoms with E-state index in [4.69, 9.17) is 11.6 Å². The van der Waals surface area contributed by atoms with Gasteiger partial charge < -0.3 is 5.32 Å². The number of hydrogen-bond acceptors (Lipinski definition) is 2. The second kappa shape index (κ2) is 8.84. The molecule has 1 aromatic rings. The molecular weight excluding hydrogens is 262 g/mol. The molecule has 1 rings (SSSR count). The predicted octanol–water partition coefficient (Wildman–Crippen LogP) is 4.98. The Bertz CT molecular complexity index is 352. The standard InChI is InChI=1S/C15H24ClNS/c1-4-5-9-18-15-8-6-7-14(16)13(15)11-17-10-12(2)3/h6-8,12,17H,4-5,9-11H2,1-3H3. The number of hydrogen-bond donors (Lipinski definition) is 1. The number of nitrogens with one attached hydrogen (secondary N) is 1. The molecule has 18 heavy (non-hydrogen) atoms. The highest BCUT2D eigenvalue weighted by Gasteiger charge is 2.07. The molecular formula is C15H24ClNS. The Kier molecular flexibility index (Phi) is 7.80. The first kappa shape index (κ1) is 15.9. The smallest absolute Gasteiger partial charge is 0.0462 e. The molecule has 102 valence electrons. The minimum atomic E-state index is 0.670. The lowest BCUT2D eigenvalue weighted by molar-refractivity contribution is 0.550. The average Bonchev–Trinajstić information content (AvgIpc) is 2.32. The van der Waals surface area contributed by atoms with E-state index in [1.807, 2.05) is 23.9 Å². The molecule has 1 N–H and O–H groups in total. The first-order chi connectivity index (χ1) is 8.65. The molecule has 0 saturated heterocycles. The molecule has 0 aliphatic carbocycles. The summed E-state index contributed by atoms with van der Waals surface area (Å²) in [5.41, 5.74) is 1.25. The Morgan fingerprint density at radius 3 is 2.78 bits per heavy atom. The highest BCUT2D eigenvalue weighted by atomic mass is 35.5. The summed E-state index contributed by atoms with van der Waals surface area (Å²) in [5.74, 6) is 1.84. The number of rotatable bonds is 8. The molecule has 0 amide bonds. The Labute approximate surface area is 121 Å². The Hall–Kier alpha value is -0.180. The lowest BCUT2D eigenvalue weighted by atomic mass is 10.2. The summed E-state index contributed by atoms with van der Waals surface area (Å²) >= 11 is 8.22. The van der Waals surface area contributed by atoms with Gasteiger partial charge in [-0.2, -0.15) is 0 Å². The first-order valence-electron chi connectivity index (χ1n) is 6.76. The van der Waals surface area contributed by atoms with Crippen molar-refractivity contribution in [3.05, 3.63) is 28.8 Å². The highest BCUT2D eigenvalue weighted by Crippen LogP contribution is 2.29. The fraction of sp³-hybridized carbons (Fsp3) is 0.600. The van der Waals surface area contributed by atoms with Gasteiger partial charge in [0.05, 0.1) is 0 Å². The van der Waals surface area contributed by atoms with E-state index >= 15 is 0 Å². The van der Waals surface area contributed by atoms with Gasteiger partial charge in [0.1, 0.15) is 0 Å². The summed E-state index contributed by atoms with van der Waals surface area (Å²) in [6, 6.07) is 6.21. The third kappa shape index (κ3) is 5.64. The molecule has 0 saturated carbocycles. The highest BCUT2D eigenvalue weighted by molar-refractivity contribution is 7.99. The fourth-order valence-corrected chi connectivity index (χ4v) is 3.14. The topological polar surface area (TPSA) is 12.0 Å². The summed E-state index contributed by atoms with van der Waals surface area (Å²) < 4.78 is 0. The number of thioether (sulfide) groups is 1. The van der Waals surface area contributed by atoms with Crippen molar-refractivity contribution in [2.75, 3.05) is 12.3 Å². The van der Waals surface area contributed by atoms with Crippen LogP contribution in [0.15, 0.2) is 23.1 Å². The molecule has 0 atom stereocenters. The van der Waals surface area contributed by atoms with Crippen molar-refractivity contribution >= 4 is 23.4 Å². The van der Waals surface area contributed by atoms with Crippen LogP contribution < -0.4 is 5.32 Å². The molecule has 0 fully saturated rings. The minimum Gasteiger partial charge on any atom is -0.312 e. The maximum atomic E-state index is 6.30. The maximum Gasteiger partial charge on any atom is 0.0462 e. The van der Waals surface area contributed by atoms with Crippen molar-refractivity contribution < 1.29 is 0 Å². The molecule has 1 aromatic carbocycles. The molecule has 0 aromatic heterocycles. The lowest BCUT2D eigenvalue weighted by Gasteiger charge is -2.13. The zero-order valence-corrected chi connectivity index (χ0v) is 13.2. The second-order valence-electron chi connectivity index (χ2n) is 4.94. The van der Waals surface area contributed by atoms with E-state index in [2.05, 4.69) is 32.2 Å². The SMILES string of the molecule is CCCCSc1cccc(Cl)c1CNCC(C)C. The van der Waals surface area contributed by atoms with Crippen LogP contribution in [-0.4, -0.2) is 12.3 Å². The van der Waals surface area contributed by atoms with Crippen LogP contribution in [-0.2, 0) is 6.54 Å². The Morgan fingerprint density at radius 1 is 1.33 bits per heavy atom. The van der Waals surface area contributed by atoms with Gasteiger partial charge in [-0.05, 0) is 42.3 Å². The van der Waals surface area contributed by atoms with Gasteiger partial charge in [0.15, 0.2) is 0 Å². The van der Waals surface area contributed by atoms with Gasteiger partial charge in [0, 0.05) is 16.5 Å². The number of unbranched alkanes of at least 4 members (excludes halogenated alkanes) is 1. The van der Waals surface area contributed by atoms with Gasteiger partial charge >= 0.3 is 0 Å². The van der Waals surface area contributed by atoms with E-state index < -0.39 is 0 Å². The van der Waals surface area contributed by atoms with Crippen molar-refractivity contribution in [1.82, 2.24) is 5.32 Å². The van der Waals surface area contributed by atoms with Gasteiger partial charge in [-0.1, -0.05) is 44.9 Å². The average molecular weight is 286 g/mol. The fourth-order valence-electron chi connectivity index (χ4n) is 1.66. The molecule has 0 aliphatic heterocycles. The molecule has 0 radical (unpaired) electrons. The van der Waals surface area contributed by atoms with Crippen molar-refractivity contribution in [1.29, 1.82) is 0 Å². The normalized spacial score (nSPS) is 11.2. The lowest BCUT2D eigenvalue weighted by Crippen LogP contribution is -2.19. The molecule has 0 unspecified atom stereocenters. The van der Waals surface area contributed by atoms with E-state index in [1.54, 1.807) is 0 Å². The summed E-state index contributed by atoms with van der Waals surface area (Å²) in [4.78, 5) is 1.33. The molecule has 3 heteroatoms. The van der Waals surface area contributed by atoms with Crippen molar-refractivity contribution in [2.24, 2.45) is 5.92 Å². The van der Waals surface area contributed by atoms with Gasteiger partial charge in [-0.25, -0.2) is 0 Å². The van der Waals surface area contributed by atoms with Crippen LogP contribution in [0.2, 0.25) is 5.02 Å². The van der Waals surface area contributed by atoms with E-state index in [9.17, 15) is 0 Å². The van der Waals surface area contributed by atoms with E-state index in [-0.39, 0.29) is 0 Å². The molecule has 0 aliphatic rings. The summed E-state index contributed by atoms with van der Waals surface area (Å²) in [6.07, 6.45) is 2.50. The predicted molar refractivity (Wildman–Crippen MR) is 83.6 cm³/mol. The number of benzene rings is 1. The summed E-state index contributed by atoms with van der Waals surface area (Å²) in [7, 11) is 0. The van der Waals surface area contributed by atoms with Gasteiger partial charge in [-0.15, -0.1) is 11.8 Å². The van der Waals surface area contributed by atoms with E-state index in [0.29, 0.717) is 5.92 Å². The van der Waals surface area contributed by atoms with Crippen LogP contribution in [0, 0.1) is 5.92 Å². The van der Waals surface area contributed by atoms with Gasteiger partial charge in [0.2, 0.25) is 0 Å². The van der Waals surface area contributed by atoms with E-state index in [1.165, 1.54) is 29.1 Å². The Balaban J connectivity index is 2.61. The van der Waals surface area contributed by atoms with Gasteiger partial charge in [0.25, 0.3) is 0 Å².